The maximum atomic E-state index is 12.9. The molecule has 0 saturated heterocycles. The first-order chi connectivity index (χ1) is 8.40. The fourth-order valence-corrected chi connectivity index (χ4v) is 1.50. The minimum Gasteiger partial charge on any atom is -0.481 e. The van der Waals surface area contributed by atoms with Gasteiger partial charge in [-0.25, -0.2) is 9.37 Å². The first kappa shape index (κ1) is 14.4. The van der Waals surface area contributed by atoms with Gasteiger partial charge in [0.2, 0.25) is 0 Å². The van der Waals surface area contributed by atoms with E-state index >= 15 is 0 Å². The molecule has 1 aromatic heterocycles. The third-order valence-electron chi connectivity index (χ3n) is 2.18. The average molecular weight is 275 g/mol. The molecule has 1 aromatic rings. The van der Waals surface area contributed by atoms with Crippen LogP contribution in [0.25, 0.3) is 0 Å². The maximum absolute atomic E-state index is 12.9. The number of hydrogen-bond donors (Lipinski definition) is 2. The first-order valence-corrected chi connectivity index (χ1v) is 5.59. The molecular formula is C11H12ClFN2O3. The molecule has 0 bridgehead atoms. The Balaban J connectivity index is 2.60. The normalized spacial score (nSPS) is 11.9. The third-order valence-corrected chi connectivity index (χ3v) is 2.49. The van der Waals surface area contributed by atoms with Crippen molar-refractivity contribution in [2.75, 3.05) is 6.54 Å². The standard InChI is InChI=1S/C11H12ClFN2O3/c1-6(2-9(16)17)4-15-11(18)8-3-7(13)5-14-10(8)12/h3,5-6H,2,4H2,1H3,(H,15,18)(H,16,17). The number of rotatable bonds is 5. The highest BCUT2D eigenvalue weighted by molar-refractivity contribution is 6.32. The van der Waals surface area contributed by atoms with Crippen molar-refractivity contribution in [3.63, 3.8) is 0 Å². The third kappa shape index (κ3) is 4.29. The Bertz CT molecular complexity index is 468. The molecule has 0 radical (unpaired) electrons. The van der Waals surface area contributed by atoms with Gasteiger partial charge in [-0.1, -0.05) is 18.5 Å². The van der Waals surface area contributed by atoms with E-state index in [0.717, 1.165) is 12.3 Å². The molecule has 5 nitrogen and oxygen atoms in total. The lowest BCUT2D eigenvalue weighted by Gasteiger charge is -2.10. The Morgan fingerprint density at radius 1 is 1.61 bits per heavy atom. The minimum absolute atomic E-state index is 0.0601. The van der Waals surface area contributed by atoms with E-state index in [0.29, 0.717) is 0 Å². The number of carbonyl (C=O) groups is 2. The molecule has 0 aliphatic carbocycles. The molecule has 0 aliphatic heterocycles. The summed E-state index contributed by atoms with van der Waals surface area (Å²) in [6.07, 6.45) is 0.849. The largest absolute Gasteiger partial charge is 0.481 e. The van der Waals surface area contributed by atoms with Crippen molar-refractivity contribution < 1.29 is 19.1 Å². The second-order valence-electron chi connectivity index (χ2n) is 3.90. The molecule has 18 heavy (non-hydrogen) atoms. The van der Waals surface area contributed by atoms with E-state index in [4.69, 9.17) is 16.7 Å². The highest BCUT2D eigenvalue weighted by Gasteiger charge is 2.14. The molecule has 98 valence electrons. The molecule has 7 heteroatoms. The lowest BCUT2D eigenvalue weighted by molar-refractivity contribution is -0.137. The van der Waals surface area contributed by atoms with Crippen LogP contribution in [0.5, 0.6) is 0 Å². The SMILES string of the molecule is CC(CNC(=O)c1cc(F)cnc1Cl)CC(=O)O. The summed E-state index contributed by atoms with van der Waals surface area (Å²) in [7, 11) is 0. The van der Waals surface area contributed by atoms with Crippen LogP contribution < -0.4 is 5.32 Å². The predicted molar refractivity (Wildman–Crippen MR) is 63.0 cm³/mol. The molecule has 1 atom stereocenters. The first-order valence-electron chi connectivity index (χ1n) is 5.21. The van der Waals surface area contributed by atoms with Crippen LogP contribution >= 0.6 is 11.6 Å². The number of pyridine rings is 1. The van der Waals surface area contributed by atoms with Crippen LogP contribution in [0.15, 0.2) is 12.3 Å². The Morgan fingerprint density at radius 2 is 2.28 bits per heavy atom. The Labute approximate surface area is 108 Å². The zero-order valence-electron chi connectivity index (χ0n) is 9.61. The lowest BCUT2D eigenvalue weighted by atomic mass is 10.1. The minimum atomic E-state index is -0.942. The smallest absolute Gasteiger partial charge is 0.303 e. The molecule has 1 amide bonds. The molecule has 0 spiro atoms. The average Bonchev–Trinajstić information content (AvgIpc) is 2.28. The summed E-state index contributed by atoms with van der Waals surface area (Å²) in [5.74, 6) is -2.42. The van der Waals surface area contributed by atoms with Gasteiger partial charge in [0, 0.05) is 13.0 Å². The van der Waals surface area contributed by atoms with Crippen LogP contribution in [0, 0.1) is 11.7 Å². The van der Waals surface area contributed by atoms with E-state index in [-0.39, 0.29) is 29.6 Å². The van der Waals surface area contributed by atoms with Gasteiger partial charge in [0.05, 0.1) is 11.8 Å². The molecule has 0 fully saturated rings. The molecular weight excluding hydrogens is 263 g/mol. The van der Waals surface area contributed by atoms with Gasteiger partial charge in [0.15, 0.2) is 0 Å². The topological polar surface area (TPSA) is 79.3 Å². The van der Waals surface area contributed by atoms with Crippen LogP contribution in [0.3, 0.4) is 0 Å². The number of aromatic nitrogens is 1. The van der Waals surface area contributed by atoms with E-state index in [1.54, 1.807) is 6.92 Å². The van der Waals surface area contributed by atoms with Gasteiger partial charge >= 0.3 is 5.97 Å². The van der Waals surface area contributed by atoms with Gasteiger partial charge in [0.1, 0.15) is 11.0 Å². The second-order valence-corrected chi connectivity index (χ2v) is 4.26. The summed E-state index contributed by atoms with van der Waals surface area (Å²) in [6, 6.07) is 0.979. The van der Waals surface area contributed by atoms with E-state index < -0.39 is 17.7 Å². The number of nitrogens with one attached hydrogen (secondary N) is 1. The van der Waals surface area contributed by atoms with Crippen molar-refractivity contribution in [3.8, 4) is 0 Å². The number of carboxylic acids is 1. The van der Waals surface area contributed by atoms with Crippen molar-refractivity contribution >= 4 is 23.5 Å². The predicted octanol–water partition coefficient (Wildman–Crippen LogP) is 1.71. The molecule has 0 aromatic carbocycles. The summed E-state index contributed by atoms with van der Waals surface area (Å²) in [5, 5.41) is 10.9. The highest BCUT2D eigenvalue weighted by atomic mass is 35.5. The maximum Gasteiger partial charge on any atom is 0.303 e. The van der Waals surface area contributed by atoms with Crippen LogP contribution in [0.1, 0.15) is 23.7 Å². The second kappa shape index (κ2) is 6.30. The van der Waals surface area contributed by atoms with Crippen LogP contribution in [-0.4, -0.2) is 28.5 Å². The number of carboxylic acid groups (broad SMARTS) is 1. The van der Waals surface area contributed by atoms with E-state index in [1.165, 1.54) is 0 Å². The Morgan fingerprint density at radius 3 is 2.89 bits per heavy atom. The summed E-state index contributed by atoms with van der Waals surface area (Å²) >= 11 is 5.66. The molecule has 2 N–H and O–H groups in total. The number of hydrogen-bond acceptors (Lipinski definition) is 3. The van der Waals surface area contributed by atoms with Gasteiger partial charge in [-0.05, 0) is 12.0 Å². The van der Waals surface area contributed by atoms with Gasteiger partial charge < -0.3 is 10.4 Å². The summed E-state index contributed by atoms with van der Waals surface area (Å²) < 4.78 is 12.9. The van der Waals surface area contributed by atoms with Crippen molar-refractivity contribution in [3.05, 3.63) is 28.8 Å². The van der Waals surface area contributed by atoms with Crippen LogP contribution in [-0.2, 0) is 4.79 Å². The summed E-state index contributed by atoms with van der Waals surface area (Å²) in [4.78, 5) is 25.6. The summed E-state index contributed by atoms with van der Waals surface area (Å²) in [6.45, 7) is 1.85. The number of aliphatic carboxylic acids is 1. The fourth-order valence-electron chi connectivity index (χ4n) is 1.31. The number of nitrogens with zero attached hydrogens (tertiary/aromatic N) is 1. The number of amides is 1. The molecule has 0 aliphatic rings. The van der Waals surface area contributed by atoms with Crippen molar-refractivity contribution in [1.82, 2.24) is 10.3 Å². The van der Waals surface area contributed by atoms with Gasteiger partial charge in [0.25, 0.3) is 5.91 Å². The monoisotopic (exact) mass is 274 g/mol. The zero-order valence-corrected chi connectivity index (χ0v) is 10.4. The zero-order chi connectivity index (χ0) is 13.7. The van der Waals surface area contributed by atoms with Gasteiger partial charge in [-0.3, -0.25) is 9.59 Å². The van der Waals surface area contributed by atoms with Crippen molar-refractivity contribution in [1.29, 1.82) is 0 Å². The van der Waals surface area contributed by atoms with Crippen LogP contribution in [0.4, 0.5) is 4.39 Å². The van der Waals surface area contributed by atoms with Gasteiger partial charge in [-0.15, -0.1) is 0 Å². The quantitative estimate of drug-likeness (QED) is 0.801. The molecule has 1 rings (SSSR count). The highest BCUT2D eigenvalue weighted by Crippen LogP contribution is 2.13. The van der Waals surface area contributed by atoms with E-state index in [1.807, 2.05) is 0 Å². The fraction of sp³-hybridized carbons (Fsp3) is 0.364. The number of halogens is 2. The number of carbonyl (C=O) groups excluding carboxylic acids is 1. The van der Waals surface area contributed by atoms with Crippen LogP contribution in [0.2, 0.25) is 5.15 Å². The molecule has 1 heterocycles. The Kier molecular flexibility index (Phi) is 5.03. The lowest BCUT2D eigenvalue weighted by Crippen LogP contribution is -2.29. The molecule has 1 unspecified atom stereocenters. The van der Waals surface area contributed by atoms with Crippen molar-refractivity contribution in [2.24, 2.45) is 5.92 Å². The van der Waals surface area contributed by atoms with E-state index in [2.05, 4.69) is 10.3 Å². The van der Waals surface area contributed by atoms with E-state index in [9.17, 15) is 14.0 Å². The van der Waals surface area contributed by atoms with Crippen molar-refractivity contribution in [2.45, 2.75) is 13.3 Å². The molecule has 0 saturated carbocycles. The summed E-state index contributed by atoms with van der Waals surface area (Å²) in [5.41, 5.74) is -0.0702. The Hall–Kier alpha value is -1.69. The van der Waals surface area contributed by atoms with Gasteiger partial charge in [-0.2, -0.15) is 0 Å².